The fourth-order valence-corrected chi connectivity index (χ4v) is 1.32. The van der Waals surface area contributed by atoms with Crippen molar-refractivity contribution >= 4 is 5.97 Å². The third-order valence-electron chi connectivity index (χ3n) is 2.37. The van der Waals surface area contributed by atoms with Gasteiger partial charge in [0.1, 0.15) is 11.6 Å². The molecule has 15 heavy (non-hydrogen) atoms. The van der Waals surface area contributed by atoms with E-state index in [-0.39, 0.29) is 19.4 Å². The summed E-state index contributed by atoms with van der Waals surface area (Å²) in [6.07, 6.45) is 5.27. The highest BCUT2D eigenvalue weighted by Gasteiger charge is 2.24. The van der Waals surface area contributed by atoms with E-state index in [0.29, 0.717) is 0 Å². The molecule has 0 heterocycles. The first-order valence-electron chi connectivity index (χ1n) is 4.67. The average Bonchev–Trinajstić information content (AvgIpc) is 2.21. The van der Waals surface area contributed by atoms with Crippen LogP contribution in [0, 0.1) is 0 Å². The Morgan fingerprint density at radius 3 is 2.73 bits per heavy atom. The molecule has 0 fully saturated rings. The number of rotatable bonds is 4. The fraction of sp³-hybridized carbons (Fsp3) is 0.500. The molecule has 0 saturated heterocycles. The van der Waals surface area contributed by atoms with Gasteiger partial charge in [0.25, 0.3) is 0 Å². The zero-order chi connectivity index (χ0) is 11.5. The van der Waals surface area contributed by atoms with Crippen LogP contribution in [0.1, 0.15) is 12.8 Å². The first-order valence-corrected chi connectivity index (χ1v) is 4.67. The summed E-state index contributed by atoms with van der Waals surface area (Å²) in [5.41, 5.74) is 4.92. The summed E-state index contributed by atoms with van der Waals surface area (Å²) in [4.78, 5) is 10.5. The molecule has 1 aliphatic carbocycles. The van der Waals surface area contributed by atoms with Gasteiger partial charge >= 0.3 is 5.97 Å². The van der Waals surface area contributed by atoms with Crippen molar-refractivity contribution < 1.29 is 20.1 Å². The molecule has 0 radical (unpaired) electrons. The zero-order valence-corrected chi connectivity index (χ0v) is 8.26. The quantitative estimate of drug-likeness (QED) is 0.499. The van der Waals surface area contributed by atoms with Gasteiger partial charge in [0.15, 0.2) is 0 Å². The van der Waals surface area contributed by atoms with Crippen molar-refractivity contribution in [2.24, 2.45) is 5.73 Å². The molecule has 0 aromatic rings. The van der Waals surface area contributed by atoms with Crippen LogP contribution in [0.15, 0.2) is 23.8 Å². The molecule has 2 atom stereocenters. The van der Waals surface area contributed by atoms with Crippen LogP contribution in [0.5, 0.6) is 0 Å². The van der Waals surface area contributed by atoms with Crippen LogP contribution in [0.3, 0.4) is 0 Å². The maximum Gasteiger partial charge on any atom is 0.320 e. The second-order valence-electron chi connectivity index (χ2n) is 3.73. The lowest BCUT2D eigenvalue weighted by Gasteiger charge is -2.24. The normalized spacial score (nSPS) is 27.3. The minimum Gasteiger partial charge on any atom is -0.480 e. The largest absolute Gasteiger partial charge is 0.480 e. The van der Waals surface area contributed by atoms with E-state index < -0.39 is 17.6 Å². The zero-order valence-electron chi connectivity index (χ0n) is 8.26. The smallest absolute Gasteiger partial charge is 0.320 e. The SMILES string of the molecule is N[C@@H](CC1=CCC(O)(CO)C=C1)C(=O)O. The summed E-state index contributed by atoms with van der Waals surface area (Å²) >= 11 is 0. The number of carbonyl (C=O) groups is 1. The van der Waals surface area contributed by atoms with Crippen molar-refractivity contribution in [3.05, 3.63) is 23.8 Å². The van der Waals surface area contributed by atoms with Gasteiger partial charge in [-0.1, -0.05) is 18.2 Å². The molecule has 0 aromatic carbocycles. The number of hydrogen-bond donors (Lipinski definition) is 4. The highest BCUT2D eigenvalue weighted by Crippen LogP contribution is 2.22. The van der Waals surface area contributed by atoms with Crippen LogP contribution in [0.4, 0.5) is 0 Å². The van der Waals surface area contributed by atoms with Crippen molar-refractivity contribution in [3.8, 4) is 0 Å². The minimum absolute atomic E-state index is 0.230. The fourth-order valence-electron chi connectivity index (χ4n) is 1.32. The van der Waals surface area contributed by atoms with Crippen LogP contribution < -0.4 is 5.73 Å². The number of carboxylic acid groups (broad SMARTS) is 1. The summed E-state index contributed by atoms with van der Waals surface area (Å²) in [6, 6.07) is -0.929. The number of aliphatic carboxylic acids is 1. The molecule has 0 aliphatic heterocycles. The lowest BCUT2D eigenvalue weighted by Crippen LogP contribution is -2.33. The summed E-state index contributed by atoms with van der Waals surface area (Å²) < 4.78 is 0. The molecule has 5 N–H and O–H groups in total. The lowest BCUT2D eigenvalue weighted by molar-refractivity contribution is -0.138. The van der Waals surface area contributed by atoms with E-state index in [1.165, 1.54) is 6.08 Å². The number of carboxylic acids is 1. The Morgan fingerprint density at radius 1 is 1.67 bits per heavy atom. The van der Waals surface area contributed by atoms with Crippen molar-refractivity contribution in [1.82, 2.24) is 0 Å². The Bertz CT molecular complexity index is 311. The van der Waals surface area contributed by atoms with E-state index in [0.717, 1.165) is 5.57 Å². The van der Waals surface area contributed by atoms with Gasteiger partial charge in [-0.15, -0.1) is 0 Å². The second kappa shape index (κ2) is 4.57. The van der Waals surface area contributed by atoms with Gasteiger partial charge < -0.3 is 21.1 Å². The number of nitrogens with two attached hydrogens (primary N) is 1. The molecular weight excluding hydrogens is 198 g/mol. The predicted octanol–water partition coefficient (Wildman–Crippen LogP) is -0.602. The number of hydrogen-bond acceptors (Lipinski definition) is 4. The van der Waals surface area contributed by atoms with Crippen molar-refractivity contribution in [1.29, 1.82) is 0 Å². The topological polar surface area (TPSA) is 104 Å². The van der Waals surface area contributed by atoms with Gasteiger partial charge in [0.05, 0.1) is 6.61 Å². The molecular formula is C10H15NO4. The summed E-state index contributed by atoms with van der Waals surface area (Å²) in [6.45, 7) is -0.349. The highest BCUT2D eigenvalue weighted by molar-refractivity contribution is 5.73. The number of allylic oxidation sites excluding steroid dienone is 1. The maximum absolute atomic E-state index is 10.5. The molecule has 0 spiro atoms. The molecule has 0 saturated carbocycles. The van der Waals surface area contributed by atoms with E-state index in [2.05, 4.69) is 0 Å². The van der Waals surface area contributed by atoms with Gasteiger partial charge in [-0.05, 0) is 12.0 Å². The van der Waals surface area contributed by atoms with Gasteiger partial charge in [-0.25, -0.2) is 0 Å². The van der Waals surface area contributed by atoms with E-state index >= 15 is 0 Å². The Labute approximate surface area is 87.5 Å². The summed E-state index contributed by atoms with van der Waals surface area (Å²) in [7, 11) is 0. The highest BCUT2D eigenvalue weighted by atomic mass is 16.4. The van der Waals surface area contributed by atoms with Gasteiger partial charge in [0, 0.05) is 6.42 Å². The monoisotopic (exact) mass is 213 g/mol. The Morgan fingerprint density at radius 2 is 2.33 bits per heavy atom. The molecule has 0 amide bonds. The summed E-state index contributed by atoms with van der Waals surface area (Å²) in [5.74, 6) is -1.05. The standard InChI is InChI=1S/C10H15NO4/c11-8(9(13)14)5-7-1-3-10(15,6-12)4-2-7/h1-3,8,12,15H,4-6,11H2,(H,13,14)/t8-,10?/m0/s1. The van der Waals surface area contributed by atoms with Gasteiger partial charge in [-0.3, -0.25) is 4.79 Å². The Balaban J connectivity index is 2.56. The average molecular weight is 213 g/mol. The van der Waals surface area contributed by atoms with E-state index in [1.54, 1.807) is 12.2 Å². The molecule has 84 valence electrons. The molecule has 1 rings (SSSR count). The van der Waals surface area contributed by atoms with Crippen LogP contribution in [0.25, 0.3) is 0 Å². The first kappa shape index (κ1) is 11.9. The van der Waals surface area contributed by atoms with Crippen molar-refractivity contribution in [2.45, 2.75) is 24.5 Å². The molecule has 5 nitrogen and oxygen atoms in total. The molecule has 1 unspecified atom stereocenters. The van der Waals surface area contributed by atoms with Crippen LogP contribution in [-0.2, 0) is 4.79 Å². The molecule has 1 aliphatic rings. The van der Waals surface area contributed by atoms with Crippen LogP contribution in [0.2, 0.25) is 0 Å². The van der Waals surface area contributed by atoms with E-state index in [1.807, 2.05) is 0 Å². The molecule has 5 heteroatoms. The first-order chi connectivity index (χ1) is 6.97. The van der Waals surface area contributed by atoms with Gasteiger partial charge in [0.2, 0.25) is 0 Å². The predicted molar refractivity (Wildman–Crippen MR) is 54.1 cm³/mol. The van der Waals surface area contributed by atoms with Crippen LogP contribution in [-0.4, -0.2) is 39.5 Å². The van der Waals surface area contributed by atoms with Crippen molar-refractivity contribution in [2.75, 3.05) is 6.61 Å². The summed E-state index contributed by atoms with van der Waals surface area (Å²) in [5, 5.41) is 27.1. The van der Waals surface area contributed by atoms with Crippen molar-refractivity contribution in [3.63, 3.8) is 0 Å². The Hall–Kier alpha value is -1.17. The van der Waals surface area contributed by atoms with Gasteiger partial charge in [-0.2, -0.15) is 0 Å². The van der Waals surface area contributed by atoms with E-state index in [4.69, 9.17) is 15.9 Å². The Kier molecular flexibility index (Phi) is 3.62. The minimum atomic E-state index is -1.21. The molecule has 0 bridgehead atoms. The second-order valence-corrected chi connectivity index (χ2v) is 3.73. The molecule has 0 aromatic heterocycles. The number of aliphatic hydroxyl groups excluding tert-OH is 1. The van der Waals surface area contributed by atoms with Crippen LogP contribution >= 0.6 is 0 Å². The third kappa shape index (κ3) is 3.16. The lowest BCUT2D eigenvalue weighted by atomic mass is 9.91. The van der Waals surface area contributed by atoms with E-state index in [9.17, 15) is 9.90 Å². The third-order valence-corrected chi connectivity index (χ3v) is 2.37. The number of aliphatic hydroxyl groups is 2. The maximum atomic E-state index is 10.5.